The Hall–Kier alpha value is -2.42. The third-order valence-corrected chi connectivity index (χ3v) is 4.36. The Labute approximate surface area is 142 Å². The Morgan fingerprint density at radius 1 is 1.44 bits per heavy atom. The van der Waals surface area contributed by atoms with Gasteiger partial charge in [-0.05, 0) is 30.9 Å². The van der Waals surface area contributed by atoms with Gasteiger partial charge >= 0.3 is 6.18 Å². The molecule has 3 rings (SSSR count). The molecule has 134 valence electrons. The fourth-order valence-electron chi connectivity index (χ4n) is 3.11. The van der Waals surface area contributed by atoms with Crippen LogP contribution in [0.5, 0.6) is 0 Å². The van der Waals surface area contributed by atoms with Crippen LogP contribution in [0.2, 0.25) is 0 Å². The van der Waals surface area contributed by atoms with Gasteiger partial charge in [0.15, 0.2) is 0 Å². The van der Waals surface area contributed by atoms with E-state index in [9.17, 15) is 18.0 Å². The summed E-state index contributed by atoms with van der Waals surface area (Å²) in [6.45, 7) is 1.19. The number of amides is 1. The van der Waals surface area contributed by atoms with Gasteiger partial charge in [-0.1, -0.05) is 0 Å². The summed E-state index contributed by atoms with van der Waals surface area (Å²) < 4.78 is 40.6. The highest BCUT2D eigenvalue weighted by molar-refractivity contribution is 5.93. The maximum absolute atomic E-state index is 12.9. The highest BCUT2D eigenvalue weighted by Gasteiger charge is 2.33. The number of carbonyl (C=O) groups excluding carboxylic acids is 1. The van der Waals surface area contributed by atoms with E-state index in [1.165, 1.54) is 18.5 Å². The second-order valence-corrected chi connectivity index (χ2v) is 6.08. The average Bonchev–Trinajstić information content (AvgIpc) is 2.98. The van der Waals surface area contributed by atoms with E-state index in [1.807, 2.05) is 0 Å². The Bertz CT molecular complexity index is 771. The van der Waals surface area contributed by atoms with Crippen molar-refractivity contribution in [2.45, 2.75) is 32.1 Å². The molecule has 0 aromatic carbocycles. The summed E-state index contributed by atoms with van der Waals surface area (Å²) in [5, 5.41) is 7.22. The van der Waals surface area contributed by atoms with Crippen LogP contribution in [0.4, 0.5) is 13.2 Å². The van der Waals surface area contributed by atoms with Gasteiger partial charge in [0.2, 0.25) is 0 Å². The van der Waals surface area contributed by atoms with Crippen LogP contribution in [-0.2, 0) is 25.7 Å². The van der Waals surface area contributed by atoms with E-state index in [0.29, 0.717) is 25.1 Å². The lowest BCUT2D eigenvalue weighted by atomic mass is 9.96. The number of fused-ring (bicyclic) bond motifs is 1. The third-order valence-electron chi connectivity index (χ3n) is 4.36. The maximum Gasteiger partial charge on any atom is 0.418 e. The lowest BCUT2D eigenvalue weighted by molar-refractivity contribution is -0.138. The number of nitrogens with two attached hydrogens (primary N) is 1. The molecule has 0 fully saturated rings. The Balaban J connectivity index is 1.58. The number of hydrogen-bond acceptors (Lipinski definition) is 4. The zero-order valence-corrected chi connectivity index (χ0v) is 13.4. The first-order valence-corrected chi connectivity index (χ1v) is 7.92. The van der Waals surface area contributed by atoms with Crippen molar-refractivity contribution in [3.05, 3.63) is 47.0 Å². The standard InChI is InChI=1S/C16H18F3N5O/c17-16(18,19)12-2-1-5-22-13(12)8-21-6-10-3-4-14-11(15(20)25)7-23-24(14)9-10/h1-2,5,7,10,21H,3-4,6,8-9H2,(H2,20,25)/t10-/m1/s1. The lowest BCUT2D eigenvalue weighted by Gasteiger charge is -2.24. The second kappa shape index (κ2) is 6.83. The summed E-state index contributed by atoms with van der Waals surface area (Å²) in [6, 6.07) is 2.31. The van der Waals surface area contributed by atoms with Crippen LogP contribution in [0.15, 0.2) is 24.5 Å². The van der Waals surface area contributed by atoms with Crippen molar-refractivity contribution in [1.82, 2.24) is 20.1 Å². The number of aromatic nitrogens is 3. The first-order valence-electron chi connectivity index (χ1n) is 7.92. The largest absolute Gasteiger partial charge is 0.418 e. The number of nitrogens with one attached hydrogen (secondary N) is 1. The molecule has 1 amide bonds. The van der Waals surface area contributed by atoms with Gasteiger partial charge in [0.05, 0.1) is 28.7 Å². The molecular formula is C16H18F3N5O. The molecule has 0 aliphatic carbocycles. The monoisotopic (exact) mass is 353 g/mol. The Kier molecular flexibility index (Phi) is 4.76. The first kappa shape index (κ1) is 17.4. The molecular weight excluding hydrogens is 335 g/mol. The molecule has 9 heteroatoms. The summed E-state index contributed by atoms with van der Waals surface area (Å²) in [4.78, 5) is 15.2. The molecule has 0 spiro atoms. The SMILES string of the molecule is NC(=O)c1cnn2c1CC[C@H](CNCc1ncccc1C(F)(F)F)C2. The summed E-state index contributed by atoms with van der Waals surface area (Å²) >= 11 is 0. The average molecular weight is 353 g/mol. The lowest BCUT2D eigenvalue weighted by Crippen LogP contribution is -2.31. The van der Waals surface area contributed by atoms with Crippen molar-refractivity contribution in [3.63, 3.8) is 0 Å². The van der Waals surface area contributed by atoms with Gasteiger partial charge in [-0.3, -0.25) is 14.5 Å². The van der Waals surface area contributed by atoms with E-state index in [-0.39, 0.29) is 18.2 Å². The van der Waals surface area contributed by atoms with Crippen molar-refractivity contribution < 1.29 is 18.0 Å². The second-order valence-electron chi connectivity index (χ2n) is 6.08. The van der Waals surface area contributed by atoms with Crippen LogP contribution in [0.25, 0.3) is 0 Å². The molecule has 6 nitrogen and oxygen atoms in total. The quantitative estimate of drug-likeness (QED) is 0.857. The van der Waals surface area contributed by atoms with Gasteiger partial charge in [-0.25, -0.2) is 0 Å². The fourth-order valence-corrected chi connectivity index (χ4v) is 3.11. The van der Waals surface area contributed by atoms with Crippen molar-refractivity contribution in [1.29, 1.82) is 0 Å². The predicted molar refractivity (Wildman–Crippen MR) is 83.5 cm³/mol. The molecule has 3 heterocycles. The van der Waals surface area contributed by atoms with Crippen LogP contribution in [0.3, 0.4) is 0 Å². The summed E-state index contributed by atoms with van der Waals surface area (Å²) in [5.41, 5.74) is 5.85. The zero-order valence-electron chi connectivity index (χ0n) is 13.4. The van der Waals surface area contributed by atoms with Crippen LogP contribution in [-0.4, -0.2) is 27.2 Å². The number of pyridine rings is 1. The highest BCUT2D eigenvalue weighted by Crippen LogP contribution is 2.31. The topological polar surface area (TPSA) is 85.8 Å². The summed E-state index contributed by atoms with van der Waals surface area (Å²) in [7, 11) is 0. The van der Waals surface area contributed by atoms with E-state index in [1.54, 1.807) is 4.68 Å². The molecule has 0 unspecified atom stereocenters. The number of halogens is 3. The first-order chi connectivity index (χ1) is 11.9. The van der Waals surface area contributed by atoms with Crippen LogP contribution >= 0.6 is 0 Å². The molecule has 0 bridgehead atoms. The minimum absolute atomic E-state index is 0.0124. The van der Waals surface area contributed by atoms with E-state index >= 15 is 0 Å². The Morgan fingerprint density at radius 2 is 2.24 bits per heavy atom. The molecule has 2 aromatic heterocycles. The summed E-state index contributed by atoms with van der Waals surface area (Å²) in [5.74, 6) is -0.279. The van der Waals surface area contributed by atoms with E-state index in [2.05, 4.69) is 15.4 Å². The van der Waals surface area contributed by atoms with Gasteiger partial charge in [0, 0.05) is 25.8 Å². The number of rotatable bonds is 5. The molecule has 2 aromatic rings. The molecule has 0 saturated carbocycles. The minimum Gasteiger partial charge on any atom is -0.365 e. The third kappa shape index (κ3) is 3.81. The number of hydrogen-bond donors (Lipinski definition) is 2. The van der Waals surface area contributed by atoms with Gasteiger partial charge in [-0.15, -0.1) is 0 Å². The van der Waals surface area contributed by atoms with E-state index in [4.69, 9.17) is 5.73 Å². The van der Waals surface area contributed by atoms with Crippen molar-refractivity contribution >= 4 is 5.91 Å². The molecule has 3 N–H and O–H groups in total. The molecule has 1 atom stereocenters. The van der Waals surface area contributed by atoms with Crippen LogP contribution < -0.4 is 11.1 Å². The maximum atomic E-state index is 12.9. The van der Waals surface area contributed by atoms with Crippen molar-refractivity contribution in [2.24, 2.45) is 11.7 Å². The fraction of sp³-hybridized carbons (Fsp3) is 0.438. The number of primary amides is 1. The number of alkyl halides is 3. The van der Waals surface area contributed by atoms with Crippen molar-refractivity contribution in [3.8, 4) is 0 Å². The Morgan fingerprint density at radius 3 is 2.96 bits per heavy atom. The smallest absolute Gasteiger partial charge is 0.365 e. The molecule has 1 aliphatic heterocycles. The minimum atomic E-state index is -4.41. The number of nitrogens with zero attached hydrogens (tertiary/aromatic N) is 3. The molecule has 1 aliphatic rings. The molecule has 0 radical (unpaired) electrons. The predicted octanol–water partition coefficient (Wildman–Crippen LogP) is 1.75. The zero-order chi connectivity index (χ0) is 18.0. The van der Waals surface area contributed by atoms with Gasteiger partial charge < -0.3 is 11.1 Å². The van der Waals surface area contributed by atoms with Gasteiger partial charge in [-0.2, -0.15) is 18.3 Å². The highest BCUT2D eigenvalue weighted by atomic mass is 19.4. The molecule has 0 saturated heterocycles. The van der Waals surface area contributed by atoms with E-state index < -0.39 is 17.6 Å². The summed E-state index contributed by atoms with van der Waals surface area (Å²) in [6.07, 6.45) is -0.105. The number of carbonyl (C=O) groups is 1. The van der Waals surface area contributed by atoms with E-state index in [0.717, 1.165) is 18.2 Å². The normalized spacial score (nSPS) is 17.3. The van der Waals surface area contributed by atoms with Gasteiger partial charge in [0.1, 0.15) is 0 Å². The molecule has 25 heavy (non-hydrogen) atoms. The van der Waals surface area contributed by atoms with Crippen molar-refractivity contribution in [2.75, 3.05) is 6.54 Å². The van der Waals surface area contributed by atoms with Crippen LogP contribution in [0.1, 0.15) is 33.7 Å². The van der Waals surface area contributed by atoms with Gasteiger partial charge in [0.25, 0.3) is 5.91 Å². The van der Waals surface area contributed by atoms with Crippen LogP contribution in [0, 0.1) is 5.92 Å².